The molecule has 144 valence electrons. The molecule has 2 amide bonds. The van der Waals surface area contributed by atoms with Crippen LogP contribution in [0.15, 0.2) is 24.3 Å². The maximum atomic E-state index is 12.4. The number of amides is 2. The average Bonchev–Trinajstić information content (AvgIpc) is 3.16. The monoisotopic (exact) mass is 381 g/mol. The van der Waals surface area contributed by atoms with Gasteiger partial charge in [0.1, 0.15) is 0 Å². The second-order valence-corrected chi connectivity index (χ2v) is 7.34. The van der Waals surface area contributed by atoms with Gasteiger partial charge in [0, 0.05) is 37.2 Å². The third-order valence-corrected chi connectivity index (χ3v) is 5.39. The van der Waals surface area contributed by atoms with Gasteiger partial charge in [-0.2, -0.15) is 0 Å². The second kappa shape index (κ2) is 10.4. The molecule has 1 aromatic rings. The molecule has 2 saturated heterocycles. The minimum absolute atomic E-state index is 0.137. The summed E-state index contributed by atoms with van der Waals surface area (Å²) in [4.78, 5) is 24.8. The minimum atomic E-state index is -0.250. The lowest BCUT2D eigenvalue weighted by Gasteiger charge is -2.36. The molecule has 0 saturated carbocycles. The number of hydrogen-bond donors (Lipinski definition) is 2. The summed E-state index contributed by atoms with van der Waals surface area (Å²) in [6.45, 7) is 3.27. The molecular formula is C19H28ClN3O3. The van der Waals surface area contributed by atoms with Crippen LogP contribution >= 0.6 is 11.6 Å². The predicted octanol–water partition coefficient (Wildman–Crippen LogP) is 2.84. The molecule has 2 heterocycles. The fraction of sp³-hybridized carbons (Fsp3) is 0.579. The van der Waals surface area contributed by atoms with Gasteiger partial charge in [0.15, 0.2) is 0 Å². The van der Waals surface area contributed by atoms with Crippen molar-refractivity contribution in [3.05, 3.63) is 34.9 Å². The van der Waals surface area contributed by atoms with Gasteiger partial charge in [0.2, 0.25) is 0 Å². The van der Waals surface area contributed by atoms with Crippen LogP contribution in [0.1, 0.15) is 31.2 Å². The smallest absolute Gasteiger partial charge is 0.319 e. The van der Waals surface area contributed by atoms with Gasteiger partial charge >= 0.3 is 6.03 Å². The largest absolute Gasteiger partial charge is 0.483 e. The van der Waals surface area contributed by atoms with Gasteiger partial charge < -0.3 is 20.6 Å². The Labute approximate surface area is 159 Å². The van der Waals surface area contributed by atoms with E-state index in [1.807, 2.05) is 28.0 Å². The third kappa shape index (κ3) is 5.88. The Hall–Kier alpha value is -1.79. The van der Waals surface area contributed by atoms with Gasteiger partial charge in [0.25, 0.3) is 6.47 Å². The van der Waals surface area contributed by atoms with Crippen LogP contribution < -0.4 is 5.73 Å². The SMILES string of the molecule is NC(Cc1cccc(Cl)c1)C1CCN(C(=O)N2CCCC2)CC1.O=CO. The molecule has 1 aromatic carbocycles. The van der Waals surface area contributed by atoms with Crippen molar-refractivity contribution in [2.24, 2.45) is 11.7 Å². The van der Waals surface area contributed by atoms with Crippen LogP contribution in [0.3, 0.4) is 0 Å². The van der Waals surface area contributed by atoms with E-state index in [0.717, 1.165) is 63.3 Å². The first kappa shape index (κ1) is 20.5. The normalized spacial score (nSPS) is 18.8. The number of likely N-dealkylation sites (tertiary alicyclic amines) is 2. The zero-order valence-corrected chi connectivity index (χ0v) is 15.8. The van der Waals surface area contributed by atoms with E-state index in [9.17, 15) is 4.79 Å². The molecule has 6 nitrogen and oxygen atoms in total. The molecule has 1 unspecified atom stereocenters. The van der Waals surface area contributed by atoms with E-state index in [1.165, 1.54) is 5.56 Å². The van der Waals surface area contributed by atoms with Crippen LogP contribution in [-0.4, -0.2) is 59.6 Å². The molecule has 26 heavy (non-hydrogen) atoms. The average molecular weight is 382 g/mol. The number of carbonyl (C=O) groups excluding carboxylic acids is 1. The lowest BCUT2D eigenvalue weighted by molar-refractivity contribution is -0.122. The Balaban J connectivity index is 0.000000758. The van der Waals surface area contributed by atoms with Crippen molar-refractivity contribution in [2.45, 2.75) is 38.1 Å². The van der Waals surface area contributed by atoms with Crippen molar-refractivity contribution in [1.29, 1.82) is 0 Å². The van der Waals surface area contributed by atoms with Crippen LogP contribution in [0.2, 0.25) is 5.02 Å². The zero-order chi connectivity index (χ0) is 18.9. The number of hydrogen-bond acceptors (Lipinski definition) is 3. The van der Waals surface area contributed by atoms with E-state index >= 15 is 0 Å². The van der Waals surface area contributed by atoms with E-state index in [1.54, 1.807) is 0 Å². The van der Waals surface area contributed by atoms with Crippen molar-refractivity contribution < 1.29 is 14.7 Å². The van der Waals surface area contributed by atoms with Gasteiger partial charge in [0.05, 0.1) is 0 Å². The van der Waals surface area contributed by atoms with E-state index in [-0.39, 0.29) is 18.5 Å². The number of piperidine rings is 1. The summed E-state index contributed by atoms with van der Waals surface area (Å²) in [5, 5.41) is 7.65. The first-order valence-electron chi connectivity index (χ1n) is 9.17. The van der Waals surface area contributed by atoms with Gasteiger partial charge in [-0.15, -0.1) is 0 Å². The fourth-order valence-electron chi connectivity index (χ4n) is 3.73. The van der Waals surface area contributed by atoms with Crippen LogP contribution in [0, 0.1) is 5.92 Å². The molecule has 0 spiro atoms. The quantitative estimate of drug-likeness (QED) is 0.788. The maximum absolute atomic E-state index is 12.4. The molecule has 2 aliphatic heterocycles. The van der Waals surface area contributed by atoms with Gasteiger partial charge in [-0.1, -0.05) is 23.7 Å². The number of rotatable bonds is 3. The summed E-state index contributed by atoms with van der Waals surface area (Å²) in [6, 6.07) is 8.30. The highest BCUT2D eigenvalue weighted by Gasteiger charge is 2.29. The topological polar surface area (TPSA) is 86.9 Å². The van der Waals surface area contributed by atoms with E-state index in [4.69, 9.17) is 27.2 Å². The second-order valence-electron chi connectivity index (χ2n) is 6.90. The number of carboxylic acid groups (broad SMARTS) is 1. The Kier molecular flexibility index (Phi) is 8.19. The van der Waals surface area contributed by atoms with E-state index in [2.05, 4.69) is 6.07 Å². The Morgan fingerprint density at radius 2 is 1.81 bits per heavy atom. The molecular weight excluding hydrogens is 354 g/mol. The summed E-state index contributed by atoms with van der Waals surface area (Å²) in [5.41, 5.74) is 7.61. The molecule has 0 aromatic heterocycles. The number of urea groups is 1. The fourth-order valence-corrected chi connectivity index (χ4v) is 3.94. The summed E-state index contributed by atoms with van der Waals surface area (Å²) in [7, 11) is 0. The molecule has 1 atom stereocenters. The summed E-state index contributed by atoms with van der Waals surface area (Å²) < 4.78 is 0. The summed E-state index contributed by atoms with van der Waals surface area (Å²) >= 11 is 6.04. The first-order valence-corrected chi connectivity index (χ1v) is 9.54. The number of benzene rings is 1. The molecule has 2 fully saturated rings. The minimum Gasteiger partial charge on any atom is -0.483 e. The molecule has 0 aliphatic carbocycles. The summed E-state index contributed by atoms with van der Waals surface area (Å²) in [6.07, 6.45) is 5.15. The lowest BCUT2D eigenvalue weighted by Crippen LogP contribution is -2.48. The number of halogens is 1. The van der Waals surface area contributed by atoms with Crippen LogP contribution in [0.25, 0.3) is 0 Å². The third-order valence-electron chi connectivity index (χ3n) is 5.15. The van der Waals surface area contributed by atoms with Crippen LogP contribution in [0.5, 0.6) is 0 Å². The first-order chi connectivity index (χ1) is 12.5. The van der Waals surface area contributed by atoms with Crippen molar-refractivity contribution in [3.63, 3.8) is 0 Å². The van der Waals surface area contributed by atoms with Gasteiger partial charge in [-0.25, -0.2) is 4.79 Å². The highest BCUT2D eigenvalue weighted by Crippen LogP contribution is 2.24. The Morgan fingerprint density at radius 1 is 1.23 bits per heavy atom. The highest BCUT2D eigenvalue weighted by atomic mass is 35.5. The number of nitrogens with two attached hydrogens (primary N) is 1. The van der Waals surface area contributed by atoms with Crippen LogP contribution in [0.4, 0.5) is 4.79 Å². The molecule has 0 bridgehead atoms. The molecule has 7 heteroatoms. The Bertz CT molecular complexity index is 585. The predicted molar refractivity (Wildman–Crippen MR) is 102 cm³/mol. The highest BCUT2D eigenvalue weighted by molar-refractivity contribution is 6.30. The van der Waals surface area contributed by atoms with Crippen molar-refractivity contribution in [1.82, 2.24) is 9.80 Å². The summed E-state index contributed by atoms with van der Waals surface area (Å²) in [5.74, 6) is 0.483. The van der Waals surface area contributed by atoms with E-state index < -0.39 is 0 Å². The lowest BCUT2D eigenvalue weighted by atomic mass is 9.86. The van der Waals surface area contributed by atoms with Crippen molar-refractivity contribution in [2.75, 3.05) is 26.2 Å². The van der Waals surface area contributed by atoms with Crippen molar-refractivity contribution >= 4 is 24.1 Å². The number of nitrogens with zero attached hydrogens (tertiary/aromatic N) is 2. The van der Waals surface area contributed by atoms with E-state index in [0.29, 0.717) is 5.92 Å². The molecule has 3 rings (SSSR count). The molecule has 2 aliphatic rings. The Morgan fingerprint density at radius 3 is 2.38 bits per heavy atom. The van der Waals surface area contributed by atoms with Crippen LogP contribution in [-0.2, 0) is 11.2 Å². The number of carbonyl (C=O) groups is 2. The standard InChI is InChI=1S/C18H26ClN3O.CH2O2/c19-16-5-3-4-14(12-16)13-17(20)15-6-10-22(11-7-15)18(23)21-8-1-2-9-21;2-1-3/h3-5,12,15,17H,1-2,6-11,13,20H2;1H,(H,2,3). The maximum Gasteiger partial charge on any atom is 0.319 e. The molecule has 3 N–H and O–H groups in total. The van der Waals surface area contributed by atoms with Gasteiger partial charge in [-0.05, 0) is 55.7 Å². The molecule has 0 radical (unpaired) electrons. The zero-order valence-electron chi connectivity index (χ0n) is 15.0. The van der Waals surface area contributed by atoms with Gasteiger partial charge in [-0.3, -0.25) is 4.79 Å². The van der Waals surface area contributed by atoms with Crippen molar-refractivity contribution in [3.8, 4) is 0 Å².